The lowest BCUT2D eigenvalue weighted by Gasteiger charge is -2.23. The Hall–Kier alpha value is -1.36. The van der Waals surface area contributed by atoms with Crippen molar-refractivity contribution < 1.29 is 13.2 Å². The maximum Gasteiger partial charge on any atom is 0.251 e. The first kappa shape index (κ1) is 12.1. The summed E-state index contributed by atoms with van der Waals surface area (Å²) >= 11 is 0. The number of nitrogens with one attached hydrogen (secondary N) is 1. The second-order valence-electron chi connectivity index (χ2n) is 4.72. The van der Waals surface area contributed by atoms with Gasteiger partial charge in [-0.05, 0) is 25.5 Å². The minimum atomic E-state index is -3.00. The Kier molecular flexibility index (Phi) is 2.95. The van der Waals surface area contributed by atoms with Crippen LogP contribution >= 0.6 is 0 Å². The number of rotatable bonds is 2. The van der Waals surface area contributed by atoms with Crippen molar-refractivity contribution in [3.8, 4) is 0 Å². The summed E-state index contributed by atoms with van der Waals surface area (Å²) < 4.78 is 22.8. The first-order valence-corrected chi connectivity index (χ1v) is 7.30. The van der Waals surface area contributed by atoms with Crippen LogP contribution in [0.3, 0.4) is 0 Å². The van der Waals surface area contributed by atoms with Crippen molar-refractivity contribution in [2.45, 2.75) is 18.9 Å². The zero-order valence-electron chi connectivity index (χ0n) is 9.64. The molecule has 1 aliphatic heterocycles. The number of hydrogen-bond acceptors (Lipinski definition) is 3. The van der Waals surface area contributed by atoms with Gasteiger partial charge in [0.05, 0.1) is 17.0 Å². The molecule has 1 atom stereocenters. The molecule has 2 rings (SSSR count). The summed E-state index contributed by atoms with van der Waals surface area (Å²) in [6.07, 6.45) is 0.480. The van der Waals surface area contributed by atoms with E-state index in [1.54, 1.807) is 31.2 Å². The Morgan fingerprint density at radius 2 is 1.94 bits per heavy atom. The van der Waals surface area contributed by atoms with Crippen LogP contribution in [0.5, 0.6) is 0 Å². The van der Waals surface area contributed by atoms with Crippen molar-refractivity contribution in [3.05, 3.63) is 35.9 Å². The van der Waals surface area contributed by atoms with E-state index in [-0.39, 0.29) is 17.4 Å². The van der Waals surface area contributed by atoms with Crippen molar-refractivity contribution in [2.75, 3.05) is 11.5 Å². The second-order valence-corrected chi connectivity index (χ2v) is 6.91. The van der Waals surface area contributed by atoms with E-state index in [0.29, 0.717) is 12.0 Å². The molecule has 0 spiro atoms. The normalized spacial score (nSPS) is 26.6. The van der Waals surface area contributed by atoms with E-state index in [0.717, 1.165) is 0 Å². The highest BCUT2D eigenvalue weighted by Gasteiger charge is 2.39. The summed E-state index contributed by atoms with van der Waals surface area (Å²) in [6, 6.07) is 8.81. The molecule has 5 heteroatoms. The first-order valence-electron chi connectivity index (χ1n) is 5.48. The minimum absolute atomic E-state index is 0.0264. The van der Waals surface area contributed by atoms with Gasteiger partial charge in [-0.15, -0.1) is 0 Å². The Balaban J connectivity index is 2.10. The second kappa shape index (κ2) is 4.14. The molecule has 4 nitrogen and oxygen atoms in total. The van der Waals surface area contributed by atoms with Gasteiger partial charge in [-0.3, -0.25) is 4.79 Å². The largest absolute Gasteiger partial charge is 0.346 e. The maximum atomic E-state index is 11.9. The molecule has 17 heavy (non-hydrogen) atoms. The standard InChI is InChI=1S/C12H15NO3S/c1-12(7-8-17(15,16)9-12)13-11(14)10-5-3-2-4-6-10/h2-6H,7-9H2,1H3,(H,13,14)/t12-/m1/s1. The van der Waals surface area contributed by atoms with Gasteiger partial charge < -0.3 is 5.32 Å². The van der Waals surface area contributed by atoms with Crippen LogP contribution in [0.1, 0.15) is 23.7 Å². The van der Waals surface area contributed by atoms with E-state index in [2.05, 4.69) is 5.32 Å². The van der Waals surface area contributed by atoms with Gasteiger partial charge in [0.1, 0.15) is 0 Å². The summed E-state index contributed by atoms with van der Waals surface area (Å²) in [5, 5.41) is 2.81. The average molecular weight is 253 g/mol. The molecule has 1 saturated heterocycles. The maximum absolute atomic E-state index is 11.9. The van der Waals surface area contributed by atoms with E-state index in [9.17, 15) is 13.2 Å². The molecular formula is C12H15NO3S. The van der Waals surface area contributed by atoms with Crippen LogP contribution in [0.25, 0.3) is 0 Å². The van der Waals surface area contributed by atoms with Gasteiger partial charge in [-0.2, -0.15) is 0 Å². The number of carbonyl (C=O) groups is 1. The molecule has 92 valence electrons. The molecule has 0 unspecified atom stereocenters. The van der Waals surface area contributed by atoms with Gasteiger partial charge in [0, 0.05) is 5.56 Å². The van der Waals surface area contributed by atoms with E-state index < -0.39 is 15.4 Å². The molecule has 0 aliphatic carbocycles. The number of carbonyl (C=O) groups excluding carboxylic acids is 1. The lowest BCUT2D eigenvalue weighted by atomic mass is 10.0. The topological polar surface area (TPSA) is 63.2 Å². The average Bonchev–Trinajstić information content (AvgIpc) is 2.54. The van der Waals surface area contributed by atoms with Crippen LogP contribution in [-0.2, 0) is 9.84 Å². The molecule has 1 aromatic carbocycles. The van der Waals surface area contributed by atoms with Crippen molar-refractivity contribution in [1.82, 2.24) is 5.32 Å². The van der Waals surface area contributed by atoms with Crippen LogP contribution in [0, 0.1) is 0 Å². The Morgan fingerprint density at radius 1 is 1.29 bits per heavy atom. The summed E-state index contributed by atoms with van der Waals surface area (Å²) in [5.74, 6) is -0.0397. The van der Waals surface area contributed by atoms with Crippen LogP contribution in [-0.4, -0.2) is 31.4 Å². The van der Waals surface area contributed by atoms with Gasteiger partial charge >= 0.3 is 0 Å². The fourth-order valence-corrected chi connectivity index (χ4v) is 4.14. The smallest absolute Gasteiger partial charge is 0.251 e. The van der Waals surface area contributed by atoms with E-state index >= 15 is 0 Å². The first-order chi connectivity index (χ1) is 7.90. The zero-order chi connectivity index (χ0) is 12.5. The third-order valence-electron chi connectivity index (χ3n) is 2.95. The third kappa shape index (κ3) is 2.85. The SMILES string of the molecule is C[C@@]1(NC(=O)c2ccccc2)CCS(=O)(=O)C1. The van der Waals surface area contributed by atoms with Gasteiger partial charge in [-0.1, -0.05) is 18.2 Å². The lowest BCUT2D eigenvalue weighted by Crippen LogP contribution is -2.46. The fourth-order valence-electron chi connectivity index (χ4n) is 2.04. The molecule has 1 aromatic rings. The molecule has 0 bridgehead atoms. The van der Waals surface area contributed by atoms with Crippen molar-refractivity contribution in [2.24, 2.45) is 0 Å². The Bertz CT molecular complexity index is 524. The zero-order valence-corrected chi connectivity index (χ0v) is 10.5. The number of hydrogen-bond donors (Lipinski definition) is 1. The molecule has 1 N–H and O–H groups in total. The fraction of sp³-hybridized carbons (Fsp3) is 0.417. The number of amides is 1. The lowest BCUT2D eigenvalue weighted by molar-refractivity contribution is 0.0915. The highest BCUT2D eigenvalue weighted by molar-refractivity contribution is 7.91. The minimum Gasteiger partial charge on any atom is -0.346 e. The Morgan fingerprint density at radius 3 is 2.47 bits per heavy atom. The summed E-state index contributed by atoms with van der Waals surface area (Å²) in [7, 11) is -3.00. The van der Waals surface area contributed by atoms with Crippen LogP contribution in [0.4, 0.5) is 0 Å². The molecule has 1 heterocycles. The monoisotopic (exact) mass is 253 g/mol. The summed E-state index contributed by atoms with van der Waals surface area (Å²) in [5.41, 5.74) is -0.0795. The molecule has 0 aromatic heterocycles. The number of benzene rings is 1. The summed E-state index contributed by atoms with van der Waals surface area (Å²) in [6.45, 7) is 1.78. The molecule has 1 amide bonds. The highest BCUT2D eigenvalue weighted by Crippen LogP contribution is 2.23. The van der Waals surface area contributed by atoms with Crippen LogP contribution in [0.2, 0.25) is 0 Å². The highest BCUT2D eigenvalue weighted by atomic mass is 32.2. The third-order valence-corrected chi connectivity index (χ3v) is 4.86. The van der Waals surface area contributed by atoms with Gasteiger partial charge in [0.15, 0.2) is 9.84 Å². The van der Waals surface area contributed by atoms with Gasteiger partial charge in [-0.25, -0.2) is 8.42 Å². The summed E-state index contributed by atoms with van der Waals surface area (Å²) in [4.78, 5) is 11.9. The van der Waals surface area contributed by atoms with Crippen molar-refractivity contribution in [3.63, 3.8) is 0 Å². The quantitative estimate of drug-likeness (QED) is 0.855. The van der Waals surface area contributed by atoms with E-state index in [1.807, 2.05) is 6.07 Å². The van der Waals surface area contributed by atoms with Crippen LogP contribution < -0.4 is 5.32 Å². The van der Waals surface area contributed by atoms with Gasteiger partial charge in [0.2, 0.25) is 0 Å². The molecule has 1 aliphatic rings. The number of sulfone groups is 1. The van der Waals surface area contributed by atoms with E-state index in [4.69, 9.17) is 0 Å². The Labute approximate surface area is 101 Å². The molecule has 1 fully saturated rings. The molecule has 0 saturated carbocycles. The predicted molar refractivity (Wildman–Crippen MR) is 65.6 cm³/mol. The predicted octanol–water partition coefficient (Wildman–Crippen LogP) is 0.994. The van der Waals surface area contributed by atoms with Crippen LogP contribution in [0.15, 0.2) is 30.3 Å². The van der Waals surface area contributed by atoms with E-state index in [1.165, 1.54) is 0 Å². The van der Waals surface area contributed by atoms with Crippen molar-refractivity contribution in [1.29, 1.82) is 0 Å². The molecule has 0 radical (unpaired) electrons. The van der Waals surface area contributed by atoms with Gasteiger partial charge in [0.25, 0.3) is 5.91 Å². The molecular weight excluding hydrogens is 238 g/mol. The van der Waals surface area contributed by atoms with Crippen molar-refractivity contribution >= 4 is 15.7 Å².